The molecule has 0 aromatic heterocycles. The molecule has 0 heterocycles. The molecule has 0 aliphatic carbocycles. The van der Waals surface area contributed by atoms with Crippen LogP contribution in [-0.4, -0.2) is 24.9 Å². The van der Waals surface area contributed by atoms with E-state index >= 15 is 0 Å². The summed E-state index contributed by atoms with van der Waals surface area (Å²) in [6.07, 6.45) is -1.48. The topological polar surface area (TPSA) is 38.7 Å². The molecule has 3 nitrogen and oxygen atoms in total. The maximum atomic E-state index is 14.0. The summed E-state index contributed by atoms with van der Waals surface area (Å²) < 4.78 is 24.5. The number of rotatable bonds is 5. The van der Waals surface area contributed by atoms with E-state index in [0.29, 0.717) is 12.4 Å². The lowest BCUT2D eigenvalue weighted by molar-refractivity contribution is -0.0908. The molecule has 2 unspecified atom stereocenters. The molecule has 0 radical (unpaired) electrons. The molecule has 1 rings (SSSR count). The van der Waals surface area contributed by atoms with Crippen LogP contribution in [-0.2, 0) is 4.74 Å². The maximum Gasteiger partial charge on any atom is 0.132 e. The first kappa shape index (κ1) is 15.9. The molecule has 19 heavy (non-hydrogen) atoms. The number of methoxy groups -OCH3 is 1. The Hall–Kier alpha value is -1.13. The van der Waals surface area contributed by atoms with Crippen LogP contribution in [0.15, 0.2) is 18.2 Å². The van der Waals surface area contributed by atoms with Gasteiger partial charge in [-0.25, -0.2) is 4.39 Å². The van der Waals surface area contributed by atoms with Crippen molar-refractivity contribution in [1.29, 1.82) is 0 Å². The van der Waals surface area contributed by atoms with Crippen LogP contribution in [0.1, 0.15) is 39.4 Å². The van der Waals surface area contributed by atoms with Crippen LogP contribution >= 0.6 is 0 Å². The number of ether oxygens (including phenoxy) is 2. The Morgan fingerprint density at radius 3 is 2.37 bits per heavy atom. The molecule has 1 N–H and O–H groups in total. The second-order valence-electron chi connectivity index (χ2n) is 5.57. The molecule has 1 aromatic carbocycles. The third-order valence-electron chi connectivity index (χ3n) is 3.01. The predicted molar refractivity (Wildman–Crippen MR) is 72.8 cm³/mol. The minimum Gasteiger partial charge on any atom is -0.497 e. The molecule has 0 spiro atoms. The lowest BCUT2D eigenvalue weighted by Crippen LogP contribution is -2.35. The number of halogens is 1. The Morgan fingerprint density at radius 1 is 1.32 bits per heavy atom. The van der Waals surface area contributed by atoms with E-state index in [4.69, 9.17) is 9.47 Å². The Bertz CT molecular complexity index is 412. The summed E-state index contributed by atoms with van der Waals surface area (Å²) in [6.45, 7) is 8.19. The minimum absolute atomic E-state index is 0.231. The van der Waals surface area contributed by atoms with Gasteiger partial charge in [0, 0.05) is 18.2 Å². The molecule has 0 saturated heterocycles. The van der Waals surface area contributed by atoms with Crippen molar-refractivity contribution in [2.24, 2.45) is 5.41 Å². The normalized spacial score (nSPS) is 15.1. The van der Waals surface area contributed by atoms with E-state index in [-0.39, 0.29) is 11.0 Å². The Morgan fingerprint density at radius 2 is 1.95 bits per heavy atom. The SMILES string of the molecule is CCOC(C(O)c1ccc(OC)cc1F)C(C)(C)C. The fourth-order valence-electron chi connectivity index (χ4n) is 2.03. The molecule has 0 fully saturated rings. The molecule has 2 atom stereocenters. The summed E-state index contributed by atoms with van der Waals surface area (Å²) in [5.74, 6) is -0.0574. The predicted octanol–water partition coefficient (Wildman–Crippen LogP) is 3.32. The number of hydrogen-bond acceptors (Lipinski definition) is 3. The van der Waals surface area contributed by atoms with Gasteiger partial charge >= 0.3 is 0 Å². The molecule has 0 saturated carbocycles. The third kappa shape index (κ3) is 3.91. The van der Waals surface area contributed by atoms with Crippen molar-refractivity contribution in [1.82, 2.24) is 0 Å². The fourth-order valence-corrected chi connectivity index (χ4v) is 2.03. The van der Waals surface area contributed by atoms with Gasteiger partial charge in [-0.1, -0.05) is 20.8 Å². The molecule has 0 aliphatic rings. The van der Waals surface area contributed by atoms with E-state index in [1.807, 2.05) is 27.7 Å². The fraction of sp³-hybridized carbons (Fsp3) is 0.600. The van der Waals surface area contributed by atoms with E-state index in [0.717, 1.165) is 0 Å². The number of aliphatic hydroxyl groups is 1. The minimum atomic E-state index is -1.01. The van der Waals surface area contributed by atoms with Gasteiger partial charge in [0.25, 0.3) is 0 Å². The lowest BCUT2D eigenvalue weighted by atomic mass is 9.83. The van der Waals surface area contributed by atoms with E-state index < -0.39 is 18.0 Å². The highest BCUT2D eigenvalue weighted by atomic mass is 19.1. The van der Waals surface area contributed by atoms with Gasteiger partial charge in [-0.15, -0.1) is 0 Å². The van der Waals surface area contributed by atoms with E-state index in [2.05, 4.69) is 0 Å². The molecule has 1 aromatic rings. The number of hydrogen-bond donors (Lipinski definition) is 1. The van der Waals surface area contributed by atoms with Crippen LogP contribution in [0.25, 0.3) is 0 Å². The van der Waals surface area contributed by atoms with Gasteiger partial charge < -0.3 is 14.6 Å². The summed E-state index contributed by atoms with van der Waals surface area (Å²) in [7, 11) is 1.48. The van der Waals surface area contributed by atoms with Crippen LogP contribution in [0.5, 0.6) is 5.75 Å². The zero-order chi connectivity index (χ0) is 14.6. The monoisotopic (exact) mass is 270 g/mol. The molecule has 0 bridgehead atoms. The highest BCUT2D eigenvalue weighted by Crippen LogP contribution is 2.34. The van der Waals surface area contributed by atoms with Gasteiger partial charge in [-0.3, -0.25) is 0 Å². The number of benzene rings is 1. The average molecular weight is 270 g/mol. The van der Waals surface area contributed by atoms with Crippen LogP contribution in [0, 0.1) is 11.2 Å². The molecule has 0 aliphatic heterocycles. The first-order chi connectivity index (χ1) is 8.81. The lowest BCUT2D eigenvalue weighted by Gasteiger charge is -2.34. The van der Waals surface area contributed by atoms with Crippen LogP contribution < -0.4 is 4.74 Å². The van der Waals surface area contributed by atoms with Crippen molar-refractivity contribution in [3.8, 4) is 5.75 Å². The largest absolute Gasteiger partial charge is 0.497 e. The van der Waals surface area contributed by atoms with Gasteiger partial charge in [0.2, 0.25) is 0 Å². The summed E-state index contributed by atoms with van der Waals surface area (Å²) in [5.41, 5.74) is -0.0592. The zero-order valence-electron chi connectivity index (χ0n) is 12.2. The standard InChI is InChI=1S/C15H23FO3/c1-6-19-14(15(2,3)4)13(17)11-8-7-10(18-5)9-12(11)16/h7-9,13-14,17H,6H2,1-5H3. The first-order valence-electron chi connectivity index (χ1n) is 6.44. The summed E-state index contributed by atoms with van der Waals surface area (Å²) >= 11 is 0. The zero-order valence-corrected chi connectivity index (χ0v) is 12.2. The van der Waals surface area contributed by atoms with Crippen molar-refractivity contribution in [2.75, 3.05) is 13.7 Å². The quantitative estimate of drug-likeness (QED) is 0.892. The van der Waals surface area contributed by atoms with E-state index in [9.17, 15) is 9.50 Å². The van der Waals surface area contributed by atoms with Crippen molar-refractivity contribution >= 4 is 0 Å². The Kier molecular flexibility index (Phi) is 5.32. The second kappa shape index (κ2) is 6.35. The van der Waals surface area contributed by atoms with Crippen molar-refractivity contribution in [2.45, 2.75) is 39.9 Å². The van der Waals surface area contributed by atoms with Crippen LogP contribution in [0.4, 0.5) is 4.39 Å². The molecule has 4 heteroatoms. The van der Waals surface area contributed by atoms with Gasteiger partial charge in [0.05, 0.1) is 13.2 Å². The summed E-state index contributed by atoms with van der Waals surface area (Å²) in [4.78, 5) is 0. The summed E-state index contributed by atoms with van der Waals surface area (Å²) in [6, 6.07) is 4.44. The smallest absolute Gasteiger partial charge is 0.132 e. The van der Waals surface area contributed by atoms with Crippen molar-refractivity contribution in [3.63, 3.8) is 0 Å². The highest BCUT2D eigenvalue weighted by molar-refractivity contribution is 5.30. The van der Waals surface area contributed by atoms with Gasteiger partial charge in [-0.2, -0.15) is 0 Å². The van der Waals surface area contributed by atoms with Crippen molar-refractivity contribution in [3.05, 3.63) is 29.6 Å². The third-order valence-corrected chi connectivity index (χ3v) is 3.01. The van der Waals surface area contributed by atoms with E-state index in [1.54, 1.807) is 6.07 Å². The van der Waals surface area contributed by atoms with Crippen LogP contribution in [0.2, 0.25) is 0 Å². The average Bonchev–Trinajstić information content (AvgIpc) is 2.33. The maximum absolute atomic E-state index is 14.0. The summed E-state index contributed by atoms with van der Waals surface area (Å²) in [5, 5.41) is 10.4. The van der Waals surface area contributed by atoms with Crippen molar-refractivity contribution < 1.29 is 19.0 Å². The van der Waals surface area contributed by atoms with E-state index in [1.165, 1.54) is 19.2 Å². The molecule has 0 amide bonds. The van der Waals surface area contributed by atoms with Crippen LogP contribution in [0.3, 0.4) is 0 Å². The Balaban J connectivity index is 3.06. The van der Waals surface area contributed by atoms with Gasteiger partial charge in [0.1, 0.15) is 17.7 Å². The van der Waals surface area contributed by atoms with Gasteiger partial charge in [-0.05, 0) is 24.5 Å². The second-order valence-corrected chi connectivity index (χ2v) is 5.57. The number of aliphatic hydroxyl groups excluding tert-OH is 1. The highest BCUT2D eigenvalue weighted by Gasteiger charge is 2.34. The first-order valence-corrected chi connectivity index (χ1v) is 6.44. The van der Waals surface area contributed by atoms with Gasteiger partial charge in [0.15, 0.2) is 0 Å². The molecular formula is C15H23FO3. The molecular weight excluding hydrogens is 247 g/mol. The Labute approximate surface area is 114 Å². The molecule has 108 valence electrons.